The van der Waals surface area contributed by atoms with E-state index in [0.717, 1.165) is 0 Å². The number of nitrogens with zero attached hydrogens (tertiary/aromatic N) is 2. The Balaban J connectivity index is 4.22. The van der Waals surface area contributed by atoms with Gasteiger partial charge in [0, 0.05) is 6.20 Å². The van der Waals surface area contributed by atoms with Crippen LogP contribution in [0, 0.1) is 5.92 Å². The van der Waals surface area contributed by atoms with E-state index in [4.69, 9.17) is 5.73 Å². The van der Waals surface area contributed by atoms with Crippen LogP contribution in [0.1, 0.15) is 20.8 Å². The van der Waals surface area contributed by atoms with Gasteiger partial charge in [-0.15, -0.1) is 0 Å². The minimum atomic E-state index is 0.213. The highest BCUT2D eigenvalue weighted by Gasteiger charge is 1.93. The van der Waals surface area contributed by atoms with E-state index in [1.165, 1.54) is 5.57 Å². The lowest BCUT2D eigenvalue weighted by Crippen LogP contribution is -2.06. The summed E-state index contributed by atoms with van der Waals surface area (Å²) in [5.74, 6) is 0.710. The molecule has 0 spiro atoms. The second-order valence-electron chi connectivity index (χ2n) is 2.67. The third kappa shape index (κ3) is 4.31. The molecule has 3 heteroatoms. The van der Waals surface area contributed by atoms with E-state index >= 15 is 0 Å². The minimum Gasteiger partial charge on any atom is -0.368 e. The van der Waals surface area contributed by atoms with Crippen molar-refractivity contribution < 1.29 is 0 Å². The number of rotatable bonds is 2. The van der Waals surface area contributed by atoms with Crippen molar-refractivity contribution in [1.82, 2.24) is 0 Å². The summed E-state index contributed by atoms with van der Waals surface area (Å²) >= 11 is 0. The van der Waals surface area contributed by atoms with Crippen LogP contribution in [0.25, 0.3) is 0 Å². The summed E-state index contributed by atoms with van der Waals surface area (Å²) in [6.45, 7) is 9.45. The fourth-order valence-corrected chi connectivity index (χ4v) is 0.358. The maximum Gasteiger partial charge on any atom is 0.219 e. The van der Waals surface area contributed by atoms with E-state index in [1.54, 1.807) is 6.20 Å². The van der Waals surface area contributed by atoms with Gasteiger partial charge < -0.3 is 5.73 Å². The molecule has 3 nitrogen and oxygen atoms in total. The third-order valence-corrected chi connectivity index (χ3v) is 1.47. The zero-order valence-electron chi connectivity index (χ0n) is 7.33. The number of guanidine groups is 1. The van der Waals surface area contributed by atoms with E-state index in [0.29, 0.717) is 5.92 Å². The summed E-state index contributed by atoms with van der Waals surface area (Å²) < 4.78 is 0. The van der Waals surface area contributed by atoms with Gasteiger partial charge in [0.1, 0.15) is 0 Å². The summed E-state index contributed by atoms with van der Waals surface area (Å²) in [6, 6.07) is 0. The zero-order valence-corrected chi connectivity index (χ0v) is 7.33. The molecule has 0 rings (SSSR count). The Morgan fingerprint density at radius 1 is 1.55 bits per heavy atom. The van der Waals surface area contributed by atoms with E-state index < -0.39 is 0 Å². The molecule has 0 aromatic carbocycles. The van der Waals surface area contributed by atoms with Crippen molar-refractivity contribution in [2.75, 3.05) is 0 Å². The monoisotopic (exact) mass is 153 g/mol. The van der Waals surface area contributed by atoms with Gasteiger partial charge in [-0.1, -0.05) is 19.4 Å². The number of allylic oxidation sites excluding steroid dienone is 1. The van der Waals surface area contributed by atoms with Gasteiger partial charge in [0.15, 0.2) is 0 Å². The number of hydrogen-bond acceptors (Lipinski definition) is 1. The summed E-state index contributed by atoms with van der Waals surface area (Å²) in [6.07, 6.45) is 1.72. The Labute approximate surface area is 67.7 Å². The fraction of sp³-hybridized carbons (Fsp3) is 0.500. The standard InChI is InChI=1S/C8H15N3/c1-6(2)7(3)5-11-8(9)10-4/h5-6H,4H2,1-3H3,(H2,9,11)/b7-5+. The average Bonchev–Trinajstić information content (AvgIpc) is 1.99. The molecule has 2 N–H and O–H groups in total. The van der Waals surface area contributed by atoms with Crippen LogP contribution in [-0.2, 0) is 0 Å². The zero-order chi connectivity index (χ0) is 8.85. The molecular formula is C8H15N3. The molecule has 0 aliphatic rings. The van der Waals surface area contributed by atoms with Crippen LogP contribution >= 0.6 is 0 Å². The highest BCUT2D eigenvalue weighted by atomic mass is 15.0. The topological polar surface area (TPSA) is 50.7 Å². The highest BCUT2D eigenvalue weighted by molar-refractivity contribution is 5.82. The molecule has 0 aromatic rings. The first-order valence-electron chi connectivity index (χ1n) is 3.54. The molecule has 62 valence electrons. The van der Waals surface area contributed by atoms with Gasteiger partial charge in [-0.3, -0.25) is 0 Å². The minimum absolute atomic E-state index is 0.213. The van der Waals surface area contributed by atoms with E-state index in [9.17, 15) is 0 Å². The Morgan fingerprint density at radius 3 is 2.45 bits per heavy atom. The van der Waals surface area contributed by atoms with Gasteiger partial charge in [-0.25, -0.2) is 9.98 Å². The first-order chi connectivity index (χ1) is 5.07. The van der Waals surface area contributed by atoms with Crippen LogP contribution in [0.15, 0.2) is 21.8 Å². The normalized spacial score (nSPS) is 13.8. The Kier molecular flexibility index (Phi) is 4.18. The summed E-state index contributed by atoms with van der Waals surface area (Å²) in [5, 5.41) is 0. The molecule has 0 saturated heterocycles. The van der Waals surface area contributed by atoms with Crippen LogP contribution in [-0.4, -0.2) is 12.7 Å². The lowest BCUT2D eigenvalue weighted by atomic mass is 10.1. The predicted molar refractivity (Wildman–Crippen MR) is 49.8 cm³/mol. The lowest BCUT2D eigenvalue weighted by molar-refractivity contribution is 0.766. The lowest BCUT2D eigenvalue weighted by Gasteiger charge is -2.01. The van der Waals surface area contributed by atoms with Crippen molar-refractivity contribution in [3.05, 3.63) is 11.8 Å². The quantitative estimate of drug-likeness (QED) is 0.475. The molecule has 0 radical (unpaired) electrons. The van der Waals surface area contributed by atoms with E-state index in [2.05, 4.69) is 30.5 Å². The molecule has 0 amide bonds. The molecule has 0 fully saturated rings. The first-order valence-corrected chi connectivity index (χ1v) is 3.54. The molecule has 0 aliphatic carbocycles. The molecule has 0 saturated carbocycles. The molecule has 0 aliphatic heterocycles. The van der Waals surface area contributed by atoms with Gasteiger partial charge in [-0.2, -0.15) is 0 Å². The second-order valence-corrected chi connectivity index (χ2v) is 2.67. The van der Waals surface area contributed by atoms with Gasteiger partial charge in [0.25, 0.3) is 0 Å². The third-order valence-electron chi connectivity index (χ3n) is 1.47. The Bertz CT molecular complexity index is 190. The maximum atomic E-state index is 5.30. The van der Waals surface area contributed by atoms with Crippen molar-refractivity contribution in [2.45, 2.75) is 20.8 Å². The largest absolute Gasteiger partial charge is 0.368 e. The van der Waals surface area contributed by atoms with Crippen LogP contribution in [0.2, 0.25) is 0 Å². The number of aliphatic imine (C=N–C) groups is 2. The van der Waals surface area contributed by atoms with Gasteiger partial charge in [0.05, 0.1) is 0 Å². The molecular weight excluding hydrogens is 138 g/mol. The molecule has 11 heavy (non-hydrogen) atoms. The average molecular weight is 153 g/mol. The van der Waals surface area contributed by atoms with Gasteiger partial charge in [0.2, 0.25) is 5.96 Å². The summed E-state index contributed by atoms with van der Waals surface area (Å²) in [7, 11) is 0. The molecule has 0 unspecified atom stereocenters. The van der Waals surface area contributed by atoms with E-state index in [-0.39, 0.29) is 5.96 Å². The summed E-state index contributed by atoms with van der Waals surface area (Å²) in [4.78, 5) is 7.32. The number of hydrogen-bond donors (Lipinski definition) is 1. The predicted octanol–water partition coefficient (Wildman–Crippen LogP) is 1.56. The SMILES string of the molecule is C=N/C(N)=N\C=C(/C)C(C)C. The van der Waals surface area contributed by atoms with Crippen molar-refractivity contribution >= 4 is 12.7 Å². The highest BCUT2D eigenvalue weighted by Crippen LogP contribution is 2.06. The van der Waals surface area contributed by atoms with Gasteiger partial charge in [-0.05, 0) is 19.6 Å². The summed E-state index contributed by atoms with van der Waals surface area (Å²) in [5.41, 5.74) is 6.48. The fourth-order valence-electron chi connectivity index (χ4n) is 0.358. The number of nitrogens with two attached hydrogens (primary N) is 1. The van der Waals surface area contributed by atoms with Crippen molar-refractivity contribution in [1.29, 1.82) is 0 Å². The van der Waals surface area contributed by atoms with Gasteiger partial charge >= 0.3 is 0 Å². The van der Waals surface area contributed by atoms with Crippen LogP contribution < -0.4 is 5.73 Å². The Morgan fingerprint density at radius 2 is 2.09 bits per heavy atom. The first kappa shape index (κ1) is 9.88. The van der Waals surface area contributed by atoms with Crippen LogP contribution in [0.5, 0.6) is 0 Å². The van der Waals surface area contributed by atoms with E-state index in [1.807, 2.05) is 6.92 Å². The van der Waals surface area contributed by atoms with Crippen molar-refractivity contribution in [3.63, 3.8) is 0 Å². The molecule has 0 atom stereocenters. The maximum absolute atomic E-state index is 5.30. The molecule has 0 aromatic heterocycles. The second kappa shape index (κ2) is 4.66. The van der Waals surface area contributed by atoms with Crippen molar-refractivity contribution in [2.24, 2.45) is 21.6 Å². The van der Waals surface area contributed by atoms with Crippen LogP contribution in [0.4, 0.5) is 0 Å². The molecule has 0 heterocycles. The van der Waals surface area contributed by atoms with Crippen molar-refractivity contribution in [3.8, 4) is 0 Å². The smallest absolute Gasteiger partial charge is 0.219 e. The van der Waals surface area contributed by atoms with Crippen LogP contribution in [0.3, 0.4) is 0 Å². The molecule has 0 bridgehead atoms. The Hall–Kier alpha value is -1.12.